The first-order valence-electron chi connectivity index (χ1n) is 5.71. The molecule has 0 aliphatic carbocycles. The molecule has 0 fully saturated rings. The molecule has 0 bridgehead atoms. The molecule has 2 heterocycles. The maximum absolute atomic E-state index is 5.50. The number of nitrogen functional groups attached to an aromatic ring is 1. The quantitative estimate of drug-likeness (QED) is 0.637. The van der Waals surface area contributed by atoms with Gasteiger partial charge in [-0.1, -0.05) is 6.92 Å². The summed E-state index contributed by atoms with van der Waals surface area (Å²) in [6.45, 7) is 7.18. The van der Waals surface area contributed by atoms with Crippen molar-refractivity contribution in [2.24, 2.45) is 5.73 Å². The zero-order chi connectivity index (χ0) is 15.1. The zero-order valence-electron chi connectivity index (χ0n) is 13.0. The molecule has 2 rings (SSSR count). The van der Waals surface area contributed by atoms with Crippen LogP contribution in [0, 0.1) is 31.7 Å². The van der Waals surface area contributed by atoms with Crippen LogP contribution in [-0.4, -0.2) is 29.5 Å². The van der Waals surface area contributed by atoms with Crippen molar-refractivity contribution in [3.63, 3.8) is 0 Å². The number of rotatable bonds is 2. The molecule has 2 radical (unpaired) electrons. The van der Waals surface area contributed by atoms with Gasteiger partial charge in [0, 0.05) is 83.9 Å². The third kappa shape index (κ3) is 6.77. The van der Waals surface area contributed by atoms with Crippen molar-refractivity contribution < 1.29 is 65.4 Å². The van der Waals surface area contributed by atoms with Gasteiger partial charge in [0.25, 0.3) is 0 Å². The van der Waals surface area contributed by atoms with E-state index in [0.717, 1.165) is 5.70 Å². The largest absolute Gasteiger partial charge is 0.551 e. The van der Waals surface area contributed by atoms with Crippen LogP contribution in [0.1, 0.15) is 26.6 Å². The maximum Gasteiger partial charge on any atom is 0.110 e. The van der Waals surface area contributed by atoms with E-state index in [9.17, 15) is 0 Å². The van der Waals surface area contributed by atoms with Gasteiger partial charge in [0.1, 0.15) is 5.95 Å². The summed E-state index contributed by atoms with van der Waals surface area (Å²) in [6, 6.07) is 0. The van der Waals surface area contributed by atoms with Crippen molar-refractivity contribution >= 4 is 17.5 Å². The van der Waals surface area contributed by atoms with E-state index in [2.05, 4.69) is 45.2 Å². The Kier molecular flexibility index (Phi) is 13.0. The van der Waals surface area contributed by atoms with E-state index in [0.29, 0.717) is 17.6 Å². The van der Waals surface area contributed by atoms with Gasteiger partial charge in [0.2, 0.25) is 0 Å². The minimum atomic E-state index is 0. The number of aromatic nitrogens is 6. The van der Waals surface area contributed by atoms with E-state index in [1.54, 1.807) is 29.9 Å². The number of nitrogens with two attached hydrogens (primary N) is 2. The molecule has 10 heteroatoms. The van der Waals surface area contributed by atoms with Crippen molar-refractivity contribution in [3.05, 3.63) is 30.6 Å². The Bertz CT molecular complexity index is 560. The molecule has 0 unspecified atom stereocenters. The van der Waals surface area contributed by atoms with Crippen molar-refractivity contribution in [1.29, 1.82) is 0 Å². The smallest absolute Gasteiger partial charge is 0.110 e. The maximum atomic E-state index is 5.50. The summed E-state index contributed by atoms with van der Waals surface area (Å²) in [4.78, 5) is 0. The fraction of sp³-hybridized carbons (Fsp3) is 0.333. The third-order valence-corrected chi connectivity index (χ3v) is 2.38. The molecule has 0 atom stereocenters. The molecule has 114 valence electrons. The summed E-state index contributed by atoms with van der Waals surface area (Å²) < 4.78 is 3.08. The first-order valence-corrected chi connectivity index (χ1v) is 5.71. The van der Waals surface area contributed by atoms with Crippen LogP contribution in [0.25, 0.3) is 11.5 Å². The second-order valence-corrected chi connectivity index (χ2v) is 3.65. The monoisotopic (exact) mass is 450 g/mol. The molecule has 22 heavy (non-hydrogen) atoms. The van der Waals surface area contributed by atoms with Gasteiger partial charge in [0.15, 0.2) is 0 Å². The molecule has 0 aliphatic heterocycles. The molecule has 8 nitrogen and oxygen atoms in total. The second-order valence-electron chi connectivity index (χ2n) is 3.65. The van der Waals surface area contributed by atoms with Crippen LogP contribution in [0.5, 0.6) is 0 Å². The van der Waals surface area contributed by atoms with Crippen LogP contribution >= 0.6 is 0 Å². The van der Waals surface area contributed by atoms with Crippen LogP contribution in [0.2, 0.25) is 0 Å². The summed E-state index contributed by atoms with van der Waals surface area (Å²) in [5.74, 6) is 1.53. The standard InChI is InChI=1S/2C6H8N4.2Y/c1-3-6(7)10-4-8-9-5(10)2;1-3-5(2)10-4-8-9-6(10)7;;/h7H2,1-2H3;1-2H3,(H2,7,9);;/q2*-2;;. The fourth-order valence-corrected chi connectivity index (χ4v) is 1.17. The molecule has 0 aromatic carbocycles. The van der Waals surface area contributed by atoms with Gasteiger partial charge in [-0.2, -0.15) is 10.9 Å². The average Bonchev–Trinajstić information content (AvgIpc) is 3.06. The predicted molar refractivity (Wildman–Crippen MR) is 74.0 cm³/mol. The minimum absolute atomic E-state index is 0. The van der Waals surface area contributed by atoms with Crippen molar-refractivity contribution in [2.45, 2.75) is 27.7 Å². The molecule has 0 amide bonds. The molecule has 2 aromatic heterocycles. The van der Waals surface area contributed by atoms with Crippen LogP contribution < -0.4 is 11.5 Å². The molecular weight excluding hydrogens is 434 g/mol. The van der Waals surface area contributed by atoms with Crippen LogP contribution in [-0.2, 0) is 65.4 Å². The van der Waals surface area contributed by atoms with Crippen LogP contribution in [0.3, 0.4) is 0 Å². The van der Waals surface area contributed by atoms with Gasteiger partial charge < -0.3 is 32.8 Å². The fourth-order valence-electron chi connectivity index (χ4n) is 1.17. The summed E-state index contributed by atoms with van der Waals surface area (Å²) in [5, 5.41) is 14.3. The van der Waals surface area contributed by atoms with E-state index in [-0.39, 0.29) is 65.4 Å². The Hall–Kier alpha value is -0.432. The van der Waals surface area contributed by atoms with Gasteiger partial charge in [-0.15, -0.1) is 6.92 Å². The van der Waals surface area contributed by atoms with Crippen LogP contribution in [0.15, 0.2) is 0 Å². The van der Waals surface area contributed by atoms with Gasteiger partial charge in [-0.05, 0) is 0 Å². The van der Waals surface area contributed by atoms with Gasteiger partial charge in [-0.25, -0.2) is 29.1 Å². The number of anilines is 1. The number of hydrogen-bond donors (Lipinski definition) is 2. The van der Waals surface area contributed by atoms with E-state index in [4.69, 9.17) is 11.5 Å². The normalized spacial score (nSPS) is 10.9. The Balaban J connectivity index is 0. The number of hydrogen-bond acceptors (Lipinski definition) is 6. The number of allylic oxidation sites excluding steroid dienone is 3. The topological polar surface area (TPSA) is 113 Å². The number of aryl methyl sites for hydroxylation is 1. The first-order chi connectivity index (χ1) is 9.51. The Morgan fingerprint density at radius 1 is 1.05 bits per heavy atom. The Morgan fingerprint density at radius 2 is 1.59 bits per heavy atom. The third-order valence-electron chi connectivity index (χ3n) is 2.38. The van der Waals surface area contributed by atoms with E-state index >= 15 is 0 Å². The zero-order valence-corrected chi connectivity index (χ0v) is 18.7. The second kappa shape index (κ2) is 12.0. The summed E-state index contributed by atoms with van der Waals surface area (Å²) >= 11 is 0. The van der Waals surface area contributed by atoms with Gasteiger partial charge >= 0.3 is 0 Å². The van der Waals surface area contributed by atoms with E-state index in [1.807, 2.05) is 6.92 Å². The van der Waals surface area contributed by atoms with Crippen molar-refractivity contribution in [1.82, 2.24) is 29.5 Å². The first kappa shape index (κ1) is 23.8. The van der Waals surface area contributed by atoms with Crippen molar-refractivity contribution in [2.75, 3.05) is 5.73 Å². The molecular formula is C12H16N8Y2-4. The Labute approximate surface area is 180 Å². The molecule has 0 aliphatic rings. The molecule has 4 N–H and O–H groups in total. The van der Waals surface area contributed by atoms with E-state index < -0.39 is 0 Å². The summed E-state index contributed by atoms with van der Waals surface area (Å²) in [5.41, 5.74) is 11.8. The molecule has 2 aromatic rings. The van der Waals surface area contributed by atoms with Gasteiger partial charge in [0.05, 0.1) is 0 Å². The number of nitrogens with zero attached hydrogens (tertiary/aromatic N) is 6. The average molecular weight is 450 g/mol. The van der Waals surface area contributed by atoms with Gasteiger partial charge in [-0.3, -0.25) is 5.70 Å². The SMILES string of the molecule is C[C-]=C(C)n1[c-]nnc1N.C[C-]=C(N)n1[c-]nnc1C.[Y].[Y]. The Morgan fingerprint density at radius 3 is 1.95 bits per heavy atom. The summed E-state index contributed by atoms with van der Waals surface area (Å²) in [7, 11) is 0. The predicted octanol–water partition coefficient (Wildman–Crippen LogP) is 0.306. The molecule has 0 saturated carbocycles. The molecule has 0 saturated heterocycles. The van der Waals surface area contributed by atoms with Crippen LogP contribution in [0.4, 0.5) is 5.95 Å². The van der Waals surface area contributed by atoms with E-state index in [1.165, 1.54) is 0 Å². The minimum Gasteiger partial charge on any atom is -0.551 e. The summed E-state index contributed by atoms with van der Waals surface area (Å²) in [6.07, 6.45) is 10.8. The van der Waals surface area contributed by atoms with Crippen molar-refractivity contribution in [3.8, 4) is 0 Å². The molecule has 0 spiro atoms.